The van der Waals surface area contributed by atoms with Gasteiger partial charge in [-0.05, 0) is 45.4 Å². The Morgan fingerprint density at radius 3 is 2.17 bits per heavy atom. The fourth-order valence-corrected chi connectivity index (χ4v) is 1.90. The van der Waals surface area contributed by atoms with Crippen LogP contribution in [0.4, 0.5) is 5.69 Å². The van der Waals surface area contributed by atoms with E-state index in [1.165, 1.54) is 5.56 Å². The van der Waals surface area contributed by atoms with Crippen LogP contribution in [0.3, 0.4) is 0 Å². The minimum Gasteiger partial charge on any atom is -0.377 e. The fourth-order valence-electron chi connectivity index (χ4n) is 1.90. The molecule has 0 spiro atoms. The molecule has 1 atom stereocenters. The normalized spacial score (nSPS) is 13.0. The monoisotopic (exact) mass is 314 g/mol. The van der Waals surface area contributed by atoms with Crippen molar-refractivity contribution in [1.29, 1.82) is 0 Å². The molecule has 0 radical (unpaired) electrons. The molecule has 0 amide bonds. The number of nitrogens with one attached hydrogen (secondary N) is 1. The van der Waals surface area contributed by atoms with Crippen molar-refractivity contribution in [1.82, 2.24) is 0 Å². The van der Waals surface area contributed by atoms with Crippen molar-refractivity contribution in [2.75, 3.05) is 5.32 Å². The highest BCUT2D eigenvalue weighted by molar-refractivity contribution is 5.89. The van der Waals surface area contributed by atoms with E-state index < -0.39 is 0 Å². The molecule has 0 aliphatic carbocycles. The van der Waals surface area contributed by atoms with E-state index in [0.29, 0.717) is 0 Å². The average Bonchev–Trinajstić information content (AvgIpc) is 2.61. The number of aliphatic imine (C=N–C) groups is 1. The summed E-state index contributed by atoms with van der Waals surface area (Å²) >= 11 is 0. The number of allylic oxidation sites excluding steroid dienone is 3. The molecule has 0 fully saturated rings. The summed E-state index contributed by atoms with van der Waals surface area (Å²) < 4.78 is 0. The van der Waals surface area contributed by atoms with Crippen molar-refractivity contribution in [3.8, 4) is 0 Å². The van der Waals surface area contributed by atoms with Gasteiger partial charge in [-0.3, -0.25) is 4.99 Å². The number of hydrogen-bond donors (Lipinski definition) is 1. The number of anilines is 1. The zero-order valence-electron chi connectivity index (χ0n) is 15.6. The van der Waals surface area contributed by atoms with Gasteiger partial charge in [0.1, 0.15) is 0 Å². The predicted molar refractivity (Wildman–Crippen MR) is 109 cm³/mol. The molecule has 2 heteroatoms. The van der Waals surface area contributed by atoms with Gasteiger partial charge in [0, 0.05) is 24.4 Å². The van der Waals surface area contributed by atoms with Crippen LogP contribution in [0, 0.1) is 0 Å². The lowest BCUT2D eigenvalue weighted by Crippen LogP contribution is -2.23. The first-order chi connectivity index (χ1) is 11.0. The summed E-state index contributed by atoms with van der Waals surface area (Å²) in [4.78, 5) is 4.37. The second-order valence-electron chi connectivity index (χ2n) is 5.39. The lowest BCUT2D eigenvalue weighted by Gasteiger charge is -2.22. The lowest BCUT2D eigenvalue weighted by molar-refractivity contribution is 0.762. The van der Waals surface area contributed by atoms with Gasteiger partial charge in [-0.15, -0.1) is 13.2 Å². The van der Waals surface area contributed by atoms with E-state index in [2.05, 4.69) is 61.6 Å². The fraction of sp³-hybridized carbons (Fsp3) is 0.381. The largest absolute Gasteiger partial charge is 0.377 e. The van der Waals surface area contributed by atoms with E-state index in [9.17, 15) is 0 Å². The van der Waals surface area contributed by atoms with Crippen LogP contribution in [0.15, 0.2) is 66.8 Å². The quantitative estimate of drug-likeness (QED) is 0.458. The van der Waals surface area contributed by atoms with Gasteiger partial charge in [-0.1, -0.05) is 44.2 Å². The Morgan fingerprint density at radius 1 is 1.22 bits per heavy atom. The third-order valence-electron chi connectivity index (χ3n) is 3.79. The number of rotatable bonds is 7. The highest BCUT2D eigenvalue weighted by Crippen LogP contribution is 2.27. The summed E-state index contributed by atoms with van der Waals surface area (Å²) in [6.45, 7) is 20.0. The van der Waals surface area contributed by atoms with Gasteiger partial charge in [0.05, 0.1) is 6.04 Å². The molecule has 1 aromatic rings. The number of hydrogen-bond acceptors (Lipinski definition) is 2. The average molecular weight is 315 g/mol. The van der Waals surface area contributed by atoms with Crippen molar-refractivity contribution < 1.29 is 1.43 Å². The third kappa shape index (κ3) is 6.27. The minimum atomic E-state index is -0.187. The zero-order chi connectivity index (χ0) is 17.9. The molecule has 0 saturated carbocycles. The Balaban J connectivity index is 0. The summed E-state index contributed by atoms with van der Waals surface area (Å²) in [5, 5.41) is 3.45. The van der Waals surface area contributed by atoms with E-state index in [4.69, 9.17) is 0 Å². The van der Waals surface area contributed by atoms with Crippen molar-refractivity contribution >= 4 is 11.4 Å². The van der Waals surface area contributed by atoms with Gasteiger partial charge < -0.3 is 5.32 Å². The van der Waals surface area contributed by atoms with Crippen molar-refractivity contribution in [2.45, 2.75) is 53.0 Å². The molecule has 1 rings (SSSR count). The summed E-state index contributed by atoms with van der Waals surface area (Å²) in [7, 11) is 0. The molecular weight excluding hydrogens is 280 g/mol. The van der Waals surface area contributed by atoms with E-state index in [-0.39, 0.29) is 12.9 Å². The third-order valence-corrected chi connectivity index (χ3v) is 3.79. The number of nitrogens with zero attached hydrogens (tertiary/aromatic N) is 1. The Bertz CT molecular complexity index is 533. The van der Waals surface area contributed by atoms with E-state index >= 15 is 0 Å². The van der Waals surface area contributed by atoms with Gasteiger partial charge in [0.2, 0.25) is 0 Å². The van der Waals surface area contributed by atoms with E-state index in [1.807, 2.05) is 52.1 Å². The topological polar surface area (TPSA) is 24.4 Å². The molecule has 1 unspecified atom stereocenters. The molecule has 0 heterocycles. The summed E-state index contributed by atoms with van der Waals surface area (Å²) in [6.07, 6.45) is 7.57. The highest BCUT2D eigenvalue weighted by atomic mass is 14.9. The summed E-state index contributed by atoms with van der Waals surface area (Å²) in [5.74, 6) is 0. The second-order valence-corrected chi connectivity index (χ2v) is 5.39. The second kappa shape index (κ2) is 10.6. The number of benzene rings is 1. The maximum Gasteiger partial charge on any atom is 0.0615 e. The van der Waals surface area contributed by atoms with Crippen molar-refractivity contribution in [3.63, 3.8) is 0 Å². The first-order valence-corrected chi connectivity index (χ1v) is 8.26. The zero-order valence-corrected chi connectivity index (χ0v) is 15.6. The molecule has 23 heavy (non-hydrogen) atoms. The van der Waals surface area contributed by atoms with Crippen LogP contribution < -0.4 is 5.32 Å². The van der Waals surface area contributed by atoms with Gasteiger partial charge in [-0.25, -0.2) is 0 Å². The first-order valence-electron chi connectivity index (χ1n) is 8.26. The molecule has 0 aliphatic rings. The van der Waals surface area contributed by atoms with Crippen LogP contribution in [0.25, 0.3) is 0 Å². The Morgan fingerprint density at radius 2 is 1.74 bits per heavy atom. The molecule has 1 N–H and O–H groups in total. The van der Waals surface area contributed by atoms with Crippen molar-refractivity contribution in [3.05, 3.63) is 67.4 Å². The van der Waals surface area contributed by atoms with E-state index in [1.54, 1.807) is 0 Å². The molecule has 0 bridgehead atoms. The standard InChI is InChI=1S/C19H26N2.C2H6.H2/c1-7-14-20-15(4)16(5)21-18-12-10-17(11-13-18)19(6,8-2)9-3;1-2;/h7-14,16,21H,2-3H2,1,4-6H3;1-2H3;1H/b14-7-,20-15?;;. The van der Waals surface area contributed by atoms with Crippen LogP contribution in [0.5, 0.6) is 0 Å². The Kier molecular flexibility index (Phi) is 9.64. The molecule has 128 valence electrons. The molecule has 0 saturated heterocycles. The molecule has 0 aromatic heterocycles. The Labute approximate surface area is 144 Å². The van der Waals surface area contributed by atoms with Crippen LogP contribution in [-0.4, -0.2) is 11.8 Å². The van der Waals surface area contributed by atoms with Crippen LogP contribution in [0.2, 0.25) is 0 Å². The van der Waals surface area contributed by atoms with Gasteiger partial charge in [0.15, 0.2) is 0 Å². The predicted octanol–water partition coefficient (Wildman–Crippen LogP) is 6.38. The van der Waals surface area contributed by atoms with Gasteiger partial charge in [0.25, 0.3) is 0 Å². The summed E-state index contributed by atoms with van der Waals surface area (Å²) in [5.41, 5.74) is 3.13. The molecule has 1 aromatic carbocycles. The van der Waals surface area contributed by atoms with Gasteiger partial charge in [-0.2, -0.15) is 0 Å². The van der Waals surface area contributed by atoms with Crippen LogP contribution in [-0.2, 0) is 5.41 Å². The smallest absolute Gasteiger partial charge is 0.0615 e. The molecular formula is C21H34N2. The first kappa shape index (κ1) is 20.9. The Hall–Kier alpha value is -2.09. The van der Waals surface area contributed by atoms with Crippen LogP contribution in [0.1, 0.15) is 48.5 Å². The highest BCUT2D eigenvalue weighted by Gasteiger charge is 2.18. The maximum atomic E-state index is 4.37. The van der Waals surface area contributed by atoms with Gasteiger partial charge >= 0.3 is 0 Å². The van der Waals surface area contributed by atoms with E-state index in [0.717, 1.165) is 11.4 Å². The van der Waals surface area contributed by atoms with Crippen LogP contribution >= 0.6 is 0 Å². The lowest BCUT2D eigenvalue weighted by atomic mass is 9.83. The molecule has 2 nitrogen and oxygen atoms in total. The maximum absolute atomic E-state index is 4.37. The summed E-state index contributed by atoms with van der Waals surface area (Å²) in [6, 6.07) is 8.57. The molecule has 0 aliphatic heterocycles. The van der Waals surface area contributed by atoms with Crippen molar-refractivity contribution in [2.24, 2.45) is 4.99 Å². The minimum absolute atomic E-state index is 0. The SMILES string of the molecule is C=CC(C)(C=C)c1ccc(NC(C)C(C)=N/C=C\C)cc1.CC.[HH].